The van der Waals surface area contributed by atoms with E-state index in [0.29, 0.717) is 16.8 Å². The number of rotatable bonds is 21. The van der Waals surface area contributed by atoms with E-state index in [1.165, 1.54) is 43.0 Å². The van der Waals surface area contributed by atoms with Crippen LogP contribution in [0.15, 0.2) is 30.7 Å². The zero-order valence-corrected chi connectivity index (χ0v) is 47.9. The van der Waals surface area contributed by atoms with Crippen molar-refractivity contribution in [2.75, 3.05) is 23.9 Å². The molecule has 1 aromatic heterocycles. The Hall–Kier alpha value is -6.96. The maximum Gasteiger partial charge on any atom is 0.328 e. The number of nitrogens with one attached hydrogen (secondary N) is 9. The quantitative estimate of drug-likeness (QED) is 0.0619. The number of carbonyl (C=O) groups is 12. The van der Waals surface area contributed by atoms with Gasteiger partial charge in [-0.05, 0) is 47.8 Å². The van der Waals surface area contributed by atoms with Gasteiger partial charge in [0.2, 0.25) is 53.2 Å². The van der Waals surface area contributed by atoms with Gasteiger partial charge < -0.3 is 79.4 Å². The van der Waals surface area contributed by atoms with Gasteiger partial charge in [-0.2, -0.15) is 35.3 Å². The largest absolute Gasteiger partial charge is 0.481 e. The lowest BCUT2D eigenvalue weighted by Gasteiger charge is -2.28. The topological polar surface area (TPSA) is 463 Å². The number of amides is 9. The van der Waals surface area contributed by atoms with E-state index in [-0.39, 0.29) is 65.6 Å². The van der Waals surface area contributed by atoms with Gasteiger partial charge in [0.05, 0.1) is 25.4 Å². The summed E-state index contributed by atoms with van der Waals surface area (Å²) in [6, 6.07) is -7.83. The predicted octanol–water partition coefficient (Wildman–Crippen LogP) is -2.41. The van der Waals surface area contributed by atoms with Crippen molar-refractivity contribution in [3.63, 3.8) is 0 Å². The van der Waals surface area contributed by atoms with Crippen LogP contribution in [0.25, 0.3) is 0 Å². The number of hydrogen-bond donors (Lipinski definition) is 15. The SMILES string of the molecule is CC(=O)N[C@@H](CSCc1cc2cc(c1)CSC[C@H](N)C(=O)N[C@@H](CC(C)C)C(=O)N[C@@H](Cc1cnc[nH]1)C(=O)N[C@@H](CCC(N)=O)C(=O)N[C@@H](CC(=O)O)C(=O)N[C@@H](CC(C)C)C(=O)N[C@H](C(=O)O)CSC2)C(=O)N[C@@H](CO)C(=O)O. The van der Waals surface area contributed by atoms with Crippen molar-refractivity contribution in [3.8, 4) is 0 Å². The minimum absolute atomic E-state index is 0.0316. The number of carboxylic acid groups (broad SMARTS) is 3. The maximum absolute atomic E-state index is 14.2. The zero-order valence-electron chi connectivity index (χ0n) is 45.4. The first-order valence-electron chi connectivity index (χ1n) is 25.7. The van der Waals surface area contributed by atoms with Gasteiger partial charge >= 0.3 is 17.9 Å². The third-order valence-electron chi connectivity index (χ3n) is 11.8. The van der Waals surface area contributed by atoms with Crippen molar-refractivity contribution in [1.82, 2.24) is 52.5 Å². The van der Waals surface area contributed by atoms with Gasteiger partial charge in [-0.3, -0.25) is 47.9 Å². The number of nitrogens with zero attached hydrogens (tertiary/aromatic N) is 1. The van der Waals surface area contributed by atoms with E-state index in [2.05, 4.69) is 52.5 Å². The summed E-state index contributed by atoms with van der Waals surface area (Å²) in [4.78, 5) is 164. The van der Waals surface area contributed by atoms with Gasteiger partial charge in [-0.1, -0.05) is 45.9 Å². The third-order valence-corrected chi connectivity index (χ3v) is 15.2. The number of nitrogens with two attached hydrogens (primary N) is 2. The summed E-state index contributed by atoms with van der Waals surface area (Å²) in [7, 11) is 0. The molecule has 0 saturated carbocycles. The van der Waals surface area contributed by atoms with Gasteiger partial charge in [0.25, 0.3) is 0 Å². The number of aliphatic hydroxyl groups is 1. The van der Waals surface area contributed by atoms with Crippen LogP contribution in [0.5, 0.6) is 0 Å². The highest BCUT2D eigenvalue weighted by atomic mass is 32.2. The van der Waals surface area contributed by atoms with E-state index >= 15 is 0 Å². The highest BCUT2D eigenvalue weighted by Crippen LogP contribution is 2.24. The third kappa shape index (κ3) is 25.2. The van der Waals surface area contributed by atoms with Crippen molar-refractivity contribution < 1.29 is 78.0 Å². The monoisotopic (exact) mass is 1190 g/mol. The Morgan fingerprint density at radius 1 is 0.716 bits per heavy atom. The second-order valence-corrected chi connectivity index (χ2v) is 23.1. The number of carbonyl (C=O) groups excluding carboxylic acids is 9. The van der Waals surface area contributed by atoms with E-state index in [1.54, 1.807) is 27.7 Å². The van der Waals surface area contributed by atoms with Gasteiger partial charge in [0, 0.05) is 66.2 Å². The molecule has 2 heterocycles. The van der Waals surface area contributed by atoms with Gasteiger partial charge in [-0.15, -0.1) is 0 Å². The number of carboxylic acids is 3. The number of thioether (sulfide) groups is 3. The molecule has 31 heteroatoms. The smallest absolute Gasteiger partial charge is 0.328 e. The number of hydrogen-bond acceptors (Lipinski definition) is 18. The van der Waals surface area contributed by atoms with Crippen molar-refractivity contribution in [3.05, 3.63) is 53.1 Å². The molecule has 9 atom stereocenters. The molecule has 448 valence electrons. The molecule has 3 rings (SSSR count). The van der Waals surface area contributed by atoms with Gasteiger partial charge in [0.15, 0.2) is 0 Å². The first-order valence-corrected chi connectivity index (χ1v) is 29.2. The molecule has 2 aromatic rings. The van der Waals surface area contributed by atoms with Crippen LogP contribution in [-0.4, -0.2) is 180 Å². The number of primary amides is 1. The van der Waals surface area contributed by atoms with Gasteiger partial charge in [0.1, 0.15) is 48.3 Å². The van der Waals surface area contributed by atoms with E-state index in [9.17, 15) is 78.0 Å². The minimum atomic E-state index is -1.91. The number of aliphatic hydroxyl groups excluding tert-OH is 1. The molecular formula is C50H74N12O16S3. The van der Waals surface area contributed by atoms with E-state index in [1.807, 2.05) is 18.2 Å². The summed E-state index contributed by atoms with van der Waals surface area (Å²) in [5, 5.41) is 58.6. The van der Waals surface area contributed by atoms with Crippen LogP contribution >= 0.6 is 35.3 Å². The fourth-order valence-corrected chi connectivity index (χ4v) is 10.8. The number of aromatic nitrogens is 2. The Kier molecular flexibility index (Phi) is 29.0. The molecule has 0 radical (unpaired) electrons. The molecule has 0 aliphatic carbocycles. The lowest BCUT2D eigenvalue weighted by atomic mass is 10.0. The van der Waals surface area contributed by atoms with E-state index in [0.717, 1.165) is 17.3 Å². The normalized spacial score (nSPS) is 22.2. The van der Waals surface area contributed by atoms with Crippen LogP contribution in [-0.2, 0) is 81.2 Å². The molecule has 0 spiro atoms. The summed E-state index contributed by atoms with van der Waals surface area (Å²) in [5.41, 5.74) is 14.3. The molecule has 9 amide bonds. The molecule has 1 aromatic carbocycles. The molecule has 2 bridgehead atoms. The Balaban J connectivity index is 2.10. The van der Waals surface area contributed by atoms with Crippen LogP contribution < -0.4 is 54.0 Å². The molecular weight excluding hydrogens is 1120 g/mol. The molecule has 81 heavy (non-hydrogen) atoms. The number of H-pyrrole nitrogens is 1. The number of fused-ring (bicyclic) bond motifs is 2. The molecule has 0 fully saturated rings. The van der Waals surface area contributed by atoms with E-state index in [4.69, 9.17) is 11.5 Å². The summed E-state index contributed by atoms with van der Waals surface area (Å²) >= 11 is 3.60. The lowest BCUT2D eigenvalue weighted by molar-refractivity contribution is -0.143. The molecule has 1 aliphatic rings. The van der Waals surface area contributed by atoms with Crippen LogP contribution in [0.4, 0.5) is 0 Å². The lowest BCUT2D eigenvalue weighted by Crippen LogP contribution is -2.60. The Labute approximate surface area is 479 Å². The summed E-state index contributed by atoms with van der Waals surface area (Å²) in [6.07, 6.45) is 0.436. The Morgan fingerprint density at radius 3 is 1.78 bits per heavy atom. The molecule has 0 saturated heterocycles. The van der Waals surface area contributed by atoms with Gasteiger partial charge in [-0.25, -0.2) is 14.6 Å². The molecule has 1 aliphatic heterocycles. The highest BCUT2D eigenvalue weighted by Gasteiger charge is 2.36. The average Bonchev–Trinajstić information content (AvgIpc) is 3.91. The second-order valence-electron chi connectivity index (χ2n) is 20.0. The van der Waals surface area contributed by atoms with Crippen LogP contribution in [0, 0.1) is 11.8 Å². The summed E-state index contributed by atoms with van der Waals surface area (Å²) < 4.78 is 0. The maximum atomic E-state index is 14.2. The second kappa shape index (κ2) is 34.4. The van der Waals surface area contributed by atoms with Crippen molar-refractivity contribution in [1.29, 1.82) is 0 Å². The fourth-order valence-electron chi connectivity index (χ4n) is 7.93. The highest BCUT2D eigenvalue weighted by molar-refractivity contribution is 7.99. The number of benzene rings is 1. The number of imidazole rings is 1. The number of aliphatic carboxylic acids is 3. The molecule has 0 unspecified atom stereocenters. The van der Waals surface area contributed by atoms with Crippen molar-refractivity contribution in [2.24, 2.45) is 23.3 Å². The predicted molar refractivity (Wildman–Crippen MR) is 298 cm³/mol. The summed E-state index contributed by atoms with van der Waals surface area (Å²) in [6.45, 7) is 7.27. The zero-order chi connectivity index (χ0) is 60.5. The number of aromatic amines is 1. The van der Waals surface area contributed by atoms with Crippen LogP contribution in [0.3, 0.4) is 0 Å². The minimum Gasteiger partial charge on any atom is -0.481 e. The Morgan fingerprint density at radius 2 is 1.25 bits per heavy atom. The summed E-state index contributed by atoms with van der Waals surface area (Å²) in [5.74, 6) is -12.6. The van der Waals surface area contributed by atoms with Crippen LogP contribution in [0.1, 0.15) is 89.1 Å². The van der Waals surface area contributed by atoms with E-state index < -0.39 is 151 Å². The Bertz CT molecular complexity index is 2540. The molecule has 17 N–H and O–H groups in total. The fraction of sp³-hybridized carbons (Fsp3) is 0.580. The van der Waals surface area contributed by atoms with Crippen molar-refractivity contribution in [2.45, 2.75) is 145 Å². The average molecular weight is 1200 g/mol. The van der Waals surface area contributed by atoms with Crippen LogP contribution in [0.2, 0.25) is 0 Å². The van der Waals surface area contributed by atoms with Crippen molar-refractivity contribution >= 4 is 106 Å². The first-order chi connectivity index (χ1) is 38.1. The first kappa shape index (κ1) is 68.3. The molecule has 28 nitrogen and oxygen atoms in total. The standard InChI is InChI=1S/C50H74N12O16S3/c1-24(2)8-33-44(70)59-35(13-30-15-53-23-54-30)46(72)56-32(6-7-40(52)65)43(69)60-36(14-41(66)67)47(73)58-34(9-25(3)4)45(71)62-39(50(77)78)22-81-19-29-11-27(17-79-20-31(51)42(68)57-33)10-28(12-29)18-80-21-38(55-26(5)64)48(74)61-37(16-63)49(75)76/h10-12,15,23-25,31-39,63H,6-9,13-14,16-22,51H2,1-5H3,(H2,52,65)(H,53,54)(H,55,64)(H,56,72)(H,57,68)(H,58,73)(H,59,70)(H,60,69)(H,61,74)(H,62,71)(H,66,67)(H,75,76)(H,77,78)/t31-,32-,33-,34-,35-,36-,37-,38-,39-/m0/s1.